The van der Waals surface area contributed by atoms with E-state index in [0.717, 1.165) is 17.1 Å². The second-order valence-electron chi connectivity index (χ2n) is 6.59. The van der Waals surface area contributed by atoms with Crippen molar-refractivity contribution < 1.29 is 19.3 Å². The molecule has 0 amide bonds. The van der Waals surface area contributed by atoms with E-state index in [0.29, 0.717) is 25.8 Å². The molecule has 1 N–H and O–H groups in total. The SMILES string of the molecule is CN(C[C@H](O)COCc1ccc2c(c1)OCO2)C1CCCCC1. The molecule has 1 atom stereocenters. The van der Waals surface area contributed by atoms with Gasteiger partial charge in [0.1, 0.15) is 0 Å². The first-order valence-corrected chi connectivity index (χ1v) is 8.57. The number of hydrogen-bond acceptors (Lipinski definition) is 5. The monoisotopic (exact) mass is 321 g/mol. The predicted octanol–water partition coefficient (Wildman–Crippen LogP) is 2.56. The maximum absolute atomic E-state index is 10.2. The van der Waals surface area contributed by atoms with Crippen LogP contribution in [-0.4, -0.2) is 49.1 Å². The van der Waals surface area contributed by atoms with Gasteiger partial charge in [0.2, 0.25) is 6.79 Å². The van der Waals surface area contributed by atoms with Crippen molar-refractivity contribution >= 4 is 0 Å². The van der Waals surface area contributed by atoms with Crippen LogP contribution < -0.4 is 9.47 Å². The van der Waals surface area contributed by atoms with Crippen LogP contribution in [0.15, 0.2) is 18.2 Å². The molecule has 128 valence electrons. The average molecular weight is 321 g/mol. The largest absolute Gasteiger partial charge is 0.454 e. The fourth-order valence-electron chi connectivity index (χ4n) is 3.40. The minimum atomic E-state index is -0.448. The molecule has 5 nitrogen and oxygen atoms in total. The van der Waals surface area contributed by atoms with Gasteiger partial charge in [-0.15, -0.1) is 0 Å². The van der Waals surface area contributed by atoms with Crippen LogP contribution in [-0.2, 0) is 11.3 Å². The fourth-order valence-corrected chi connectivity index (χ4v) is 3.40. The van der Waals surface area contributed by atoms with Gasteiger partial charge in [0, 0.05) is 12.6 Å². The molecule has 3 rings (SSSR count). The lowest BCUT2D eigenvalue weighted by molar-refractivity contribution is 0.00486. The lowest BCUT2D eigenvalue weighted by atomic mass is 9.94. The van der Waals surface area contributed by atoms with Gasteiger partial charge >= 0.3 is 0 Å². The zero-order chi connectivity index (χ0) is 16.1. The number of hydrogen-bond donors (Lipinski definition) is 1. The van der Waals surface area contributed by atoms with Gasteiger partial charge in [0.25, 0.3) is 0 Å². The van der Waals surface area contributed by atoms with Gasteiger partial charge in [0.15, 0.2) is 11.5 Å². The zero-order valence-electron chi connectivity index (χ0n) is 13.9. The number of benzene rings is 1. The highest BCUT2D eigenvalue weighted by Gasteiger charge is 2.20. The third-order valence-electron chi connectivity index (χ3n) is 4.71. The van der Waals surface area contributed by atoms with E-state index in [1.54, 1.807) is 0 Å². The predicted molar refractivity (Wildman–Crippen MR) is 87.7 cm³/mol. The maximum Gasteiger partial charge on any atom is 0.231 e. The number of aliphatic hydroxyl groups is 1. The van der Waals surface area contributed by atoms with Crippen LogP contribution in [0.25, 0.3) is 0 Å². The summed E-state index contributed by atoms with van der Waals surface area (Å²) in [5, 5.41) is 10.2. The zero-order valence-corrected chi connectivity index (χ0v) is 13.9. The first-order valence-electron chi connectivity index (χ1n) is 8.57. The van der Waals surface area contributed by atoms with Gasteiger partial charge in [0.05, 0.1) is 19.3 Å². The Morgan fingerprint density at radius 3 is 2.83 bits per heavy atom. The molecular weight excluding hydrogens is 294 g/mol. The lowest BCUT2D eigenvalue weighted by Crippen LogP contribution is -2.40. The highest BCUT2D eigenvalue weighted by Crippen LogP contribution is 2.32. The third-order valence-corrected chi connectivity index (χ3v) is 4.71. The Balaban J connectivity index is 1.38. The molecule has 2 aliphatic rings. The van der Waals surface area contributed by atoms with Crippen molar-refractivity contribution in [1.29, 1.82) is 0 Å². The third kappa shape index (κ3) is 4.59. The summed E-state index contributed by atoms with van der Waals surface area (Å²) >= 11 is 0. The van der Waals surface area contributed by atoms with Crippen LogP contribution in [0.4, 0.5) is 0 Å². The molecule has 0 saturated heterocycles. The molecular formula is C18H27NO4. The quantitative estimate of drug-likeness (QED) is 0.836. The van der Waals surface area contributed by atoms with Crippen LogP contribution in [0.5, 0.6) is 11.5 Å². The van der Waals surface area contributed by atoms with Crippen LogP contribution in [0, 0.1) is 0 Å². The van der Waals surface area contributed by atoms with E-state index < -0.39 is 6.10 Å². The van der Waals surface area contributed by atoms with Crippen molar-refractivity contribution in [3.63, 3.8) is 0 Å². The van der Waals surface area contributed by atoms with Gasteiger partial charge in [-0.3, -0.25) is 0 Å². The summed E-state index contributed by atoms with van der Waals surface area (Å²) in [7, 11) is 2.11. The first kappa shape index (κ1) is 16.6. The van der Waals surface area contributed by atoms with Crippen LogP contribution in [0.1, 0.15) is 37.7 Å². The van der Waals surface area contributed by atoms with E-state index in [2.05, 4.69) is 11.9 Å². The van der Waals surface area contributed by atoms with E-state index in [4.69, 9.17) is 14.2 Å². The fraction of sp³-hybridized carbons (Fsp3) is 0.667. The molecule has 0 aromatic heterocycles. The first-order chi connectivity index (χ1) is 11.2. The van der Waals surface area contributed by atoms with Crippen LogP contribution >= 0.6 is 0 Å². The Bertz CT molecular complexity index is 502. The van der Waals surface area contributed by atoms with Crippen molar-refractivity contribution in [1.82, 2.24) is 4.90 Å². The summed E-state index contributed by atoms with van der Waals surface area (Å²) in [5.74, 6) is 1.55. The number of nitrogens with zero attached hydrogens (tertiary/aromatic N) is 1. The topological polar surface area (TPSA) is 51.2 Å². The Morgan fingerprint density at radius 1 is 1.22 bits per heavy atom. The van der Waals surface area contributed by atoms with Gasteiger partial charge in [-0.2, -0.15) is 0 Å². The summed E-state index contributed by atoms with van der Waals surface area (Å²) in [6.07, 6.45) is 6.03. The van der Waals surface area contributed by atoms with Crippen molar-refractivity contribution in [3.8, 4) is 11.5 Å². The second-order valence-corrected chi connectivity index (χ2v) is 6.59. The number of aliphatic hydroxyl groups excluding tert-OH is 1. The van der Waals surface area contributed by atoms with Crippen molar-refractivity contribution in [2.24, 2.45) is 0 Å². The van der Waals surface area contributed by atoms with Gasteiger partial charge in [-0.25, -0.2) is 0 Å². The average Bonchev–Trinajstić information content (AvgIpc) is 3.03. The number of fused-ring (bicyclic) bond motifs is 1. The Kier molecular flexibility index (Phi) is 5.75. The van der Waals surface area contributed by atoms with Crippen molar-refractivity contribution in [2.75, 3.05) is 27.0 Å². The van der Waals surface area contributed by atoms with E-state index in [9.17, 15) is 5.11 Å². The Hall–Kier alpha value is -1.30. The van der Waals surface area contributed by atoms with Gasteiger partial charge in [-0.05, 0) is 37.6 Å². The van der Waals surface area contributed by atoms with Gasteiger partial charge < -0.3 is 24.2 Å². The molecule has 1 aromatic rings. The highest BCUT2D eigenvalue weighted by molar-refractivity contribution is 5.44. The standard InChI is InChI=1S/C18H27NO4/c1-19(15-5-3-2-4-6-15)10-16(20)12-21-11-14-7-8-17-18(9-14)23-13-22-17/h7-9,15-16,20H,2-6,10-13H2,1H3/t16-/m0/s1. The van der Waals surface area contributed by atoms with Crippen molar-refractivity contribution in [2.45, 2.75) is 50.9 Å². The summed E-state index contributed by atoms with van der Waals surface area (Å²) in [4.78, 5) is 2.29. The van der Waals surface area contributed by atoms with E-state index in [-0.39, 0.29) is 6.79 Å². The van der Waals surface area contributed by atoms with Gasteiger partial charge in [-0.1, -0.05) is 25.3 Å². The molecule has 1 heterocycles. The lowest BCUT2D eigenvalue weighted by Gasteiger charge is -2.32. The van der Waals surface area contributed by atoms with E-state index >= 15 is 0 Å². The number of likely N-dealkylation sites (N-methyl/N-ethyl adjacent to an activating group) is 1. The second kappa shape index (κ2) is 7.99. The summed E-state index contributed by atoms with van der Waals surface area (Å²) in [5.41, 5.74) is 1.03. The van der Waals surface area contributed by atoms with Crippen LogP contribution in [0.2, 0.25) is 0 Å². The minimum Gasteiger partial charge on any atom is -0.454 e. The van der Waals surface area contributed by atoms with Crippen LogP contribution in [0.3, 0.4) is 0 Å². The molecule has 1 aromatic carbocycles. The molecule has 0 bridgehead atoms. The Morgan fingerprint density at radius 2 is 2.00 bits per heavy atom. The molecule has 23 heavy (non-hydrogen) atoms. The van der Waals surface area contributed by atoms with Crippen molar-refractivity contribution in [3.05, 3.63) is 23.8 Å². The molecule has 1 fully saturated rings. The summed E-state index contributed by atoms with van der Waals surface area (Å²) < 4.78 is 16.3. The number of rotatable bonds is 7. The summed E-state index contributed by atoms with van der Waals surface area (Å²) in [6, 6.07) is 6.41. The minimum absolute atomic E-state index is 0.284. The molecule has 5 heteroatoms. The molecule has 0 spiro atoms. The molecule has 1 aliphatic carbocycles. The molecule has 1 saturated carbocycles. The highest BCUT2D eigenvalue weighted by atomic mass is 16.7. The molecule has 1 aliphatic heterocycles. The summed E-state index contributed by atoms with van der Waals surface area (Å²) in [6.45, 7) is 1.78. The molecule has 0 unspecified atom stereocenters. The smallest absolute Gasteiger partial charge is 0.231 e. The number of ether oxygens (including phenoxy) is 3. The Labute approximate surface area is 138 Å². The normalized spacial score (nSPS) is 19.3. The molecule has 0 radical (unpaired) electrons. The van der Waals surface area contributed by atoms with E-state index in [1.165, 1.54) is 32.1 Å². The maximum atomic E-state index is 10.2. The van der Waals surface area contributed by atoms with E-state index in [1.807, 2.05) is 18.2 Å².